The smallest absolute Gasteiger partial charge is 0.338 e. The van der Waals surface area contributed by atoms with Gasteiger partial charge in [-0.15, -0.1) is 0 Å². The Kier molecular flexibility index (Phi) is 6.32. The van der Waals surface area contributed by atoms with Crippen LogP contribution in [0.1, 0.15) is 40.0 Å². The fourth-order valence-corrected chi connectivity index (χ4v) is 4.05. The summed E-state index contributed by atoms with van der Waals surface area (Å²) in [5.74, 6) is -0.837. The van der Waals surface area contributed by atoms with Gasteiger partial charge in [-0.1, -0.05) is 0 Å². The van der Waals surface area contributed by atoms with Crippen LogP contribution < -0.4 is 9.64 Å². The zero-order valence-corrected chi connectivity index (χ0v) is 17.8. The number of hydrogen-bond acceptors (Lipinski definition) is 7. The lowest BCUT2D eigenvalue weighted by atomic mass is 10.1. The molecule has 2 amide bonds. The molecule has 0 saturated carbocycles. The summed E-state index contributed by atoms with van der Waals surface area (Å²) >= 11 is 0. The number of ketones is 1. The second-order valence-corrected chi connectivity index (χ2v) is 7.81. The number of carbonyl (C=O) groups is 4. The molecular weight excluding hydrogens is 412 g/mol. The van der Waals surface area contributed by atoms with Gasteiger partial charge >= 0.3 is 5.97 Å². The van der Waals surface area contributed by atoms with E-state index in [9.17, 15) is 19.2 Å². The predicted octanol–water partition coefficient (Wildman–Crippen LogP) is 2.46. The summed E-state index contributed by atoms with van der Waals surface area (Å²) in [6, 6.07) is 12.2. The predicted molar refractivity (Wildman–Crippen MR) is 116 cm³/mol. The van der Waals surface area contributed by atoms with Crippen molar-refractivity contribution in [2.45, 2.75) is 25.3 Å². The molecule has 0 spiro atoms. The number of methoxy groups -OCH3 is 1. The summed E-state index contributed by atoms with van der Waals surface area (Å²) in [5, 5.41) is 0. The van der Waals surface area contributed by atoms with Crippen LogP contribution in [0.5, 0.6) is 5.75 Å². The first-order chi connectivity index (χ1) is 15.5. The van der Waals surface area contributed by atoms with Gasteiger partial charge in [-0.25, -0.2) is 9.69 Å². The van der Waals surface area contributed by atoms with Crippen molar-refractivity contribution in [1.82, 2.24) is 4.90 Å². The number of carbonyl (C=O) groups excluding carboxylic acids is 4. The average Bonchev–Trinajstić information content (AvgIpc) is 3.45. The maximum Gasteiger partial charge on any atom is 0.338 e. The standard InChI is InChI=1S/C24H24N2O6/c1-31-19-10-6-16(7-11-19)21(27)15-32-24(30)17-4-8-18(9-5-17)26-22(28)14-20(23(26)29)25-12-2-3-13-25/h4-11,20H,2-3,12-15H2,1H3. The highest BCUT2D eigenvalue weighted by Gasteiger charge is 2.43. The first kappa shape index (κ1) is 21.7. The van der Waals surface area contributed by atoms with Crippen molar-refractivity contribution < 1.29 is 28.7 Å². The molecule has 166 valence electrons. The maximum absolute atomic E-state index is 12.8. The zero-order chi connectivity index (χ0) is 22.7. The van der Waals surface area contributed by atoms with E-state index in [-0.39, 0.29) is 29.6 Å². The number of rotatable bonds is 7. The largest absolute Gasteiger partial charge is 0.497 e. The minimum absolute atomic E-state index is 0.177. The second kappa shape index (κ2) is 9.32. The van der Waals surface area contributed by atoms with Gasteiger partial charge in [0.1, 0.15) is 5.75 Å². The quantitative estimate of drug-likeness (QED) is 0.374. The molecule has 0 bridgehead atoms. The number of ether oxygens (including phenoxy) is 2. The Morgan fingerprint density at radius 1 is 0.938 bits per heavy atom. The van der Waals surface area contributed by atoms with Gasteiger partial charge in [-0.05, 0) is 74.5 Å². The molecule has 32 heavy (non-hydrogen) atoms. The van der Waals surface area contributed by atoms with E-state index in [0.29, 0.717) is 17.0 Å². The molecule has 2 aliphatic rings. The number of imide groups is 1. The van der Waals surface area contributed by atoms with Crippen molar-refractivity contribution in [2.75, 3.05) is 31.7 Å². The molecule has 2 saturated heterocycles. The van der Waals surface area contributed by atoms with Crippen LogP contribution in [0, 0.1) is 0 Å². The third kappa shape index (κ3) is 4.40. The van der Waals surface area contributed by atoms with Gasteiger partial charge in [0.05, 0.1) is 30.8 Å². The van der Waals surface area contributed by atoms with E-state index in [4.69, 9.17) is 9.47 Å². The van der Waals surface area contributed by atoms with Gasteiger partial charge in [0.15, 0.2) is 12.4 Å². The van der Waals surface area contributed by atoms with Crippen LogP contribution >= 0.6 is 0 Å². The normalized spacial score (nSPS) is 18.8. The Bertz CT molecular complexity index is 1030. The molecule has 0 radical (unpaired) electrons. The lowest BCUT2D eigenvalue weighted by Crippen LogP contribution is -2.40. The van der Waals surface area contributed by atoms with Crippen molar-refractivity contribution in [3.05, 3.63) is 59.7 Å². The number of Topliss-reactive ketones (excluding diaryl/α,β-unsaturated/α-hetero) is 1. The van der Waals surface area contributed by atoms with Crippen molar-refractivity contribution in [3.8, 4) is 5.75 Å². The Balaban J connectivity index is 1.36. The van der Waals surface area contributed by atoms with Crippen LogP contribution in [0.25, 0.3) is 0 Å². The fraction of sp³-hybridized carbons (Fsp3) is 0.333. The van der Waals surface area contributed by atoms with Gasteiger partial charge < -0.3 is 9.47 Å². The first-order valence-electron chi connectivity index (χ1n) is 10.5. The number of likely N-dealkylation sites (tertiary alicyclic amines) is 1. The summed E-state index contributed by atoms with van der Waals surface area (Å²) < 4.78 is 10.2. The first-order valence-corrected chi connectivity index (χ1v) is 10.5. The van der Waals surface area contributed by atoms with Crippen LogP contribution in [0.2, 0.25) is 0 Å². The molecule has 2 aromatic carbocycles. The lowest BCUT2D eigenvalue weighted by molar-refractivity contribution is -0.122. The summed E-state index contributed by atoms with van der Waals surface area (Å²) in [7, 11) is 1.53. The molecule has 2 aromatic rings. The number of amides is 2. The lowest BCUT2D eigenvalue weighted by Gasteiger charge is -2.21. The van der Waals surface area contributed by atoms with Gasteiger partial charge in [0, 0.05) is 5.56 Å². The van der Waals surface area contributed by atoms with E-state index in [1.807, 2.05) is 0 Å². The van der Waals surface area contributed by atoms with Gasteiger partial charge in [-0.3, -0.25) is 19.3 Å². The zero-order valence-electron chi connectivity index (χ0n) is 17.8. The molecule has 0 aromatic heterocycles. The number of esters is 1. The summed E-state index contributed by atoms with van der Waals surface area (Å²) in [4.78, 5) is 53.0. The molecule has 2 aliphatic heterocycles. The Hall–Kier alpha value is -3.52. The molecule has 8 nitrogen and oxygen atoms in total. The van der Waals surface area contributed by atoms with E-state index in [0.717, 1.165) is 25.9 Å². The maximum atomic E-state index is 12.8. The minimum atomic E-state index is -0.660. The highest BCUT2D eigenvalue weighted by atomic mass is 16.5. The Labute approximate surface area is 185 Å². The Morgan fingerprint density at radius 3 is 2.19 bits per heavy atom. The number of hydrogen-bond donors (Lipinski definition) is 0. The van der Waals surface area contributed by atoms with Crippen LogP contribution in [0.15, 0.2) is 48.5 Å². The van der Waals surface area contributed by atoms with Crippen LogP contribution in [-0.4, -0.2) is 61.3 Å². The van der Waals surface area contributed by atoms with Crippen LogP contribution in [0.4, 0.5) is 5.69 Å². The number of nitrogens with zero attached hydrogens (tertiary/aromatic N) is 2. The van der Waals surface area contributed by atoms with Gasteiger partial charge in [0.25, 0.3) is 5.91 Å². The minimum Gasteiger partial charge on any atom is -0.497 e. The Morgan fingerprint density at radius 2 is 1.56 bits per heavy atom. The average molecular weight is 436 g/mol. The third-order valence-electron chi connectivity index (χ3n) is 5.81. The summed E-state index contributed by atoms with van der Waals surface area (Å²) in [6.07, 6.45) is 2.25. The third-order valence-corrected chi connectivity index (χ3v) is 5.81. The summed E-state index contributed by atoms with van der Waals surface area (Å²) in [6.45, 7) is 1.27. The summed E-state index contributed by atoms with van der Waals surface area (Å²) in [5.41, 5.74) is 1.06. The van der Waals surface area contributed by atoms with E-state index in [2.05, 4.69) is 4.90 Å². The number of benzene rings is 2. The number of anilines is 1. The molecular formula is C24H24N2O6. The van der Waals surface area contributed by atoms with E-state index < -0.39 is 18.6 Å². The highest BCUT2D eigenvalue weighted by molar-refractivity contribution is 6.22. The van der Waals surface area contributed by atoms with Crippen molar-refractivity contribution in [3.63, 3.8) is 0 Å². The van der Waals surface area contributed by atoms with Crippen LogP contribution in [0.3, 0.4) is 0 Å². The van der Waals surface area contributed by atoms with Crippen LogP contribution in [-0.2, 0) is 14.3 Å². The van der Waals surface area contributed by atoms with E-state index in [1.54, 1.807) is 36.4 Å². The van der Waals surface area contributed by atoms with Crippen molar-refractivity contribution >= 4 is 29.3 Å². The second-order valence-electron chi connectivity index (χ2n) is 7.81. The van der Waals surface area contributed by atoms with E-state index >= 15 is 0 Å². The highest BCUT2D eigenvalue weighted by Crippen LogP contribution is 2.28. The molecule has 8 heteroatoms. The molecule has 0 N–H and O–H groups in total. The molecule has 2 heterocycles. The van der Waals surface area contributed by atoms with E-state index in [1.165, 1.54) is 24.1 Å². The fourth-order valence-electron chi connectivity index (χ4n) is 4.05. The monoisotopic (exact) mass is 436 g/mol. The van der Waals surface area contributed by atoms with Gasteiger partial charge in [0.2, 0.25) is 5.91 Å². The van der Waals surface area contributed by atoms with Crippen molar-refractivity contribution in [2.24, 2.45) is 0 Å². The van der Waals surface area contributed by atoms with Gasteiger partial charge in [-0.2, -0.15) is 0 Å². The molecule has 0 aliphatic carbocycles. The molecule has 4 rings (SSSR count). The molecule has 2 fully saturated rings. The SMILES string of the molecule is COc1ccc(C(=O)COC(=O)c2ccc(N3C(=O)CC(N4CCCC4)C3=O)cc2)cc1. The van der Waals surface area contributed by atoms with Crippen molar-refractivity contribution in [1.29, 1.82) is 0 Å². The molecule has 1 unspecified atom stereocenters. The molecule has 1 atom stereocenters. The topological polar surface area (TPSA) is 93.2 Å².